The number of nitrogens with zero attached hydrogens (tertiary/aromatic N) is 1. The number of aliphatic hydroxyl groups excluding tert-OH is 2. The Balaban J connectivity index is 2.62. The van der Waals surface area contributed by atoms with Crippen LogP contribution in [0.3, 0.4) is 0 Å². The van der Waals surface area contributed by atoms with Gasteiger partial charge in [-0.3, -0.25) is 14.3 Å². The minimum Gasteiger partial charge on any atom is -0.394 e. The molecule has 0 saturated carbocycles. The Morgan fingerprint density at radius 1 is 1.59 bits per heavy atom. The molecule has 5 N–H and O–H groups in total. The van der Waals surface area contributed by atoms with Gasteiger partial charge in [0.2, 0.25) is 0 Å². The molecule has 120 valence electrons. The first-order valence-electron chi connectivity index (χ1n) is 6.47. The highest BCUT2D eigenvalue weighted by Crippen LogP contribution is 2.35. The van der Waals surface area contributed by atoms with Crippen molar-refractivity contribution in [3.8, 4) is 11.8 Å². The van der Waals surface area contributed by atoms with Gasteiger partial charge >= 0.3 is 5.69 Å². The summed E-state index contributed by atoms with van der Waals surface area (Å²) in [6.07, 6.45) is -3.83. The van der Waals surface area contributed by atoms with Gasteiger partial charge in [0.1, 0.15) is 18.9 Å². The fraction of sp³-hybridized carbons (Fsp3) is 0.538. The maximum atomic E-state index is 12.3. The van der Waals surface area contributed by atoms with E-state index in [1.165, 1.54) is 6.92 Å². The zero-order chi connectivity index (χ0) is 16.5. The van der Waals surface area contributed by atoms with Gasteiger partial charge in [0.25, 0.3) is 5.56 Å². The Bertz CT molecular complexity index is 734. The molecule has 0 aromatic carbocycles. The van der Waals surface area contributed by atoms with Crippen molar-refractivity contribution < 1.29 is 19.3 Å². The first kappa shape index (κ1) is 16.4. The number of hydrogen-bond donors (Lipinski definition) is 4. The summed E-state index contributed by atoms with van der Waals surface area (Å²) in [6.45, 7) is -0.0889. The molecule has 8 nitrogen and oxygen atoms in total. The molecule has 4 atom stereocenters. The number of ether oxygens (including phenoxy) is 1. The van der Waals surface area contributed by atoms with Crippen molar-refractivity contribution in [2.45, 2.75) is 30.9 Å². The minimum atomic E-state index is -1.81. The average molecular weight is 313 g/mol. The first-order chi connectivity index (χ1) is 10.3. The quantitative estimate of drug-likeness (QED) is 0.457. The van der Waals surface area contributed by atoms with Crippen molar-refractivity contribution in [2.24, 2.45) is 5.73 Å². The number of aromatic amines is 1. The maximum absolute atomic E-state index is 12.3. The van der Waals surface area contributed by atoms with Crippen molar-refractivity contribution in [3.05, 3.63) is 32.6 Å². The van der Waals surface area contributed by atoms with E-state index < -0.39 is 48.5 Å². The van der Waals surface area contributed by atoms with Gasteiger partial charge in [-0.2, -0.15) is 0 Å². The molecule has 22 heavy (non-hydrogen) atoms. The van der Waals surface area contributed by atoms with Gasteiger partial charge in [-0.05, 0) is 6.92 Å². The van der Waals surface area contributed by atoms with E-state index in [0.717, 1.165) is 10.6 Å². The molecule has 0 bridgehead atoms. The molecular weight excluding hydrogens is 297 g/mol. The zero-order valence-electron chi connectivity index (χ0n) is 11.7. The lowest BCUT2D eigenvalue weighted by Crippen LogP contribution is -2.55. The number of aliphatic hydroxyl groups is 2. The summed E-state index contributed by atoms with van der Waals surface area (Å²) >= 11 is 0. The van der Waals surface area contributed by atoms with E-state index in [0.29, 0.717) is 0 Å². The van der Waals surface area contributed by atoms with E-state index in [1.807, 2.05) is 4.98 Å². The normalized spacial score (nSPS) is 30.9. The van der Waals surface area contributed by atoms with Gasteiger partial charge in [-0.15, -0.1) is 0 Å². The predicted molar refractivity (Wildman–Crippen MR) is 73.7 cm³/mol. The topological polar surface area (TPSA) is 131 Å². The van der Waals surface area contributed by atoms with Gasteiger partial charge in [0, 0.05) is 11.8 Å². The van der Waals surface area contributed by atoms with Crippen LogP contribution in [0.5, 0.6) is 0 Å². The third-order valence-corrected chi connectivity index (χ3v) is 3.51. The van der Waals surface area contributed by atoms with Crippen molar-refractivity contribution in [1.82, 2.24) is 9.55 Å². The van der Waals surface area contributed by atoms with Crippen molar-refractivity contribution in [2.75, 3.05) is 13.3 Å². The summed E-state index contributed by atoms with van der Waals surface area (Å²) in [7, 11) is 0. The Hall–Kier alpha value is -1.99. The zero-order valence-corrected chi connectivity index (χ0v) is 11.7. The third-order valence-electron chi connectivity index (χ3n) is 3.51. The highest BCUT2D eigenvalue weighted by molar-refractivity contribution is 5.26. The number of halogens is 1. The Labute approximate surface area is 124 Å². The smallest absolute Gasteiger partial charge is 0.330 e. The van der Waals surface area contributed by atoms with Gasteiger partial charge in [0.15, 0.2) is 11.8 Å². The first-order valence-corrected chi connectivity index (χ1v) is 6.47. The molecule has 0 radical (unpaired) electrons. The number of nitrogens with two attached hydrogens (primary N) is 1. The molecule has 0 spiro atoms. The number of hydrogen-bond acceptors (Lipinski definition) is 6. The van der Waals surface area contributed by atoms with Gasteiger partial charge in [-0.25, -0.2) is 9.18 Å². The molecular formula is C13H16FN3O5. The number of rotatable bonds is 2. The number of H-pyrrole nitrogens is 1. The van der Waals surface area contributed by atoms with Crippen LogP contribution in [0.1, 0.15) is 11.9 Å². The number of nitrogens with one attached hydrogen (secondary N) is 1. The van der Waals surface area contributed by atoms with E-state index >= 15 is 0 Å². The standard InChI is InChI=1S/C13H16FN3O5/c1-7-5-9(19)16-12(21)17(7)11-13(15,3-2-4-14)10(20)8(6-18)22-11/h5,8,10-11,18,20H,4,6,15H2,1H3,(H,16,19,21)/t8?,10?,11-,13-/m1/s1. The molecule has 1 fully saturated rings. The Morgan fingerprint density at radius 2 is 2.27 bits per heavy atom. The van der Waals surface area contributed by atoms with Crippen LogP contribution in [0.4, 0.5) is 4.39 Å². The largest absolute Gasteiger partial charge is 0.394 e. The fourth-order valence-corrected chi connectivity index (χ4v) is 2.46. The second kappa shape index (κ2) is 6.02. The lowest BCUT2D eigenvalue weighted by atomic mass is 9.91. The van der Waals surface area contributed by atoms with Crippen LogP contribution in [0.25, 0.3) is 0 Å². The summed E-state index contributed by atoms with van der Waals surface area (Å²) in [5.74, 6) is 4.46. The molecule has 1 aromatic heterocycles. The van der Waals surface area contributed by atoms with Crippen LogP contribution in [0.15, 0.2) is 15.7 Å². The van der Waals surface area contributed by atoms with E-state index in [9.17, 15) is 24.2 Å². The fourth-order valence-electron chi connectivity index (χ4n) is 2.46. The molecule has 2 heterocycles. The van der Waals surface area contributed by atoms with E-state index in [-0.39, 0.29) is 5.69 Å². The molecule has 0 aliphatic carbocycles. The molecule has 1 aliphatic rings. The van der Waals surface area contributed by atoms with Crippen molar-refractivity contribution in [1.29, 1.82) is 0 Å². The van der Waals surface area contributed by atoms with Gasteiger partial charge in [0.05, 0.1) is 6.61 Å². The van der Waals surface area contributed by atoms with Crippen LogP contribution >= 0.6 is 0 Å². The second-order valence-corrected chi connectivity index (χ2v) is 4.97. The molecule has 1 aromatic rings. The lowest BCUT2D eigenvalue weighted by Gasteiger charge is -2.28. The summed E-state index contributed by atoms with van der Waals surface area (Å²) in [5, 5.41) is 19.4. The van der Waals surface area contributed by atoms with Crippen LogP contribution in [0.2, 0.25) is 0 Å². The molecule has 9 heteroatoms. The van der Waals surface area contributed by atoms with Crippen LogP contribution in [0, 0.1) is 18.8 Å². The van der Waals surface area contributed by atoms with Crippen LogP contribution < -0.4 is 17.0 Å². The van der Waals surface area contributed by atoms with E-state index in [2.05, 4.69) is 11.8 Å². The lowest BCUT2D eigenvalue weighted by molar-refractivity contribution is -0.0484. The van der Waals surface area contributed by atoms with Crippen molar-refractivity contribution in [3.63, 3.8) is 0 Å². The molecule has 0 amide bonds. The van der Waals surface area contributed by atoms with E-state index in [1.54, 1.807) is 0 Å². The third kappa shape index (κ3) is 2.57. The van der Waals surface area contributed by atoms with Gasteiger partial charge < -0.3 is 20.7 Å². The summed E-state index contributed by atoms with van der Waals surface area (Å²) in [5.41, 5.74) is 3.03. The SMILES string of the molecule is Cc1cc(=O)[nH]c(=O)n1[C@@H]1OC(CO)C(O)[C@]1(N)C#CCF. The monoisotopic (exact) mass is 313 g/mol. The van der Waals surface area contributed by atoms with Gasteiger partial charge in [-0.1, -0.05) is 11.8 Å². The van der Waals surface area contributed by atoms with E-state index in [4.69, 9.17) is 10.5 Å². The predicted octanol–water partition coefficient (Wildman–Crippen LogP) is -2.23. The maximum Gasteiger partial charge on any atom is 0.330 e. The summed E-state index contributed by atoms with van der Waals surface area (Å²) < 4.78 is 18.8. The number of alkyl halides is 1. The molecule has 2 rings (SSSR count). The molecule has 1 saturated heterocycles. The summed E-state index contributed by atoms with van der Waals surface area (Å²) in [6, 6.07) is 1.15. The highest BCUT2D eigenvalue weighted by atomic mass is 19.1. The second-order valence-electron chi connectivity index (χ2n) is 4.97. The van der Waals surface area contributed by atoms with Crippen LogP contribution in [-0.2, 0) is 4.74 Å². The van der Waals surface area contributed by atoms with Crippen LogP contribution in [-0.4, -0.2) is 50.8 Å². The Kier molecular flexibility index (Phi) is 4.48. The number of aromatic nitrogens is 2. The minimum absolute atomic E-state index is 0.224. The average Bonchev–Trinajstić information content (AvgIpc) is 2.69. The molecule has 2 unspecified atom stereocenters. The highest BCUT2D eigenvalue weighted by Gasteiger charge is 2.54. The molecule has 1 aliphatic heterocycles. The van der Waals surface area contributed by atoms with Crippen molar-refractivity contribution >= 4 is 0 Å². The number of aryl methyl sites for hydroxylation is 1. The Morgan fingerprint density at radius 3 is 2.82 bits per heavy atom. The summed E-state index contributed by atoms with van der Waals surface area (Å²) in [4.78, 5) is 25.4.